The van der Waals surface area contributed by atoms with Crippen LogP contribution in [0.2, 0.25) is 0 Å². The molecule has 4 heteroatoms. The second kappa shape index (κ2) is 6.26. The van der Waals surface area contributed by atoms with Gasteiger partial charge < -0.3 is 20.1 Å². The fourth-order valence-electron chi connectivity index (χ4n) is 2.51. The van der Waals surface area contributed by atoms with E-state index < -0.39 is 0 Å². The van der Waals surface area contributed by atoms with Crippen molar-refractivity contribution in [3.8, 4) is 11.5 Å². The van der Waals surface area contributed by atoms with E-state index in [1.807, 2.05) is 18.2 Å². The number of methoxy groups -OCH3 is 2. The monoisotopic (exact) mass is 264 g/mol. The largest absolute Gasteiger partial charge is 0.497 e. The first-order valence-electron chi connectivity index (χ1n) is 6.83. The van der Waals surface area contributed by atoms with Crippen LogP contribution in [0.5, 0.6) is 11.5 Å². The predicted octanol–water partition coefficient (Wildman–Crippen LogP) is 2.19. The summed E-state index contributed by atoms with van der Waals surface area (Å²) in [6, 6.07) is 6.42. The highest BCUT2D eigenvalue weighted by Gasteiger charge is 2.24. The maximum absolute atomic E-state index is 6.34. The van der Waals surface area contributed by atoms with Crippen molar-refractivity contribution in [2.45, 2.75) is 31.3 Å². The fourth-order valence-corrected chi connectivity index (χ4v) is 2.51. The average Bonchev–Trinajstić information content (AvgIpc) is 2.35. The smallest absolute Gasteiger partial charge is 0.123 e. The Labute approximate surface area is 115 Å². The number of rotatable bonds is 6. The summed E-state index contributed by atoms with van der Waals surface area (Å²) in [6.45, 7) is 0.841. The molecular weight excluding hydrogens is 240 g/mol. The zero-order chi connectivity index (χ0) is 13.8. The molecule has 1 atom stereocenters. The number of hydrogen-bond donors (Lipinski definition) is 1. The molecule has 2 rings (SSSR count). The summed E-state index contributed by atoms with van der Waals surface area (Å²) in [4.78, 5) is 2.35. The summed E-state index contributed by atoms with van der Waals surface area (Å²) >= 11 is 0. The first-order valence-corrected chi connectivity index (χ1v) is 6.83. The van der Waals surface area contributed by atoms with Crippen molar-refractivity contribution in [2.75, 3.05) is 27.8 Å². The van der Waals surface area contributed by atoms with Crippen LogP contribution in [0.15, 0.2) is 18.2 Å². The van der Waals surface area contributed by atoms with E-state index in [4.69, 9.17) is 15.2 Å². The zero-order valence-electron chi connectivity index (χ0n) is 12.1. The molecule has 0 amide bonds. The SMILES string of the molecule is COc1ccc(OC)c(C(N)CN(C)C2CCC2)c1. The predicted molar refractivity (Wildman–Crippen MR) is 76.7 cm³/mol. The first kappa shape index (κ1) is 14.2. The van der Waals surface area contributed by atoms with Crippen LogP contribution in [0.4, 0.5) is 0 Å². The summed E-state index contributed by atoms with van der Waals surface area (Å²) in [7, 11) is 5.49. The number of benzene rings is 1. The number of ether oxygens (including phenoxy) is 2. The molecule has 106 valence electrons. The van der Waals surface area contributed by atoms with Gasteiger partial charge in [0, 0.05) is 24.2 Å². The minimum Gasteiger partial charge on any atom is -0.497 e. The highest BCUT2D eigenvalue weighted by atomic mass is 16.5. The minimum absolute atomic E-state index is 0.0596. The number of nitrogens with zero attached hydrogens (tertiary/aromatic N) is 1. The maximum atomic E-state index is 6.34. The molecule has 1 aromatic rings. The average molecular weight is 264 g/mol. The van der Waals surface area contributed by atoms with E-state index in [1.165, 1.54) is 19.3 Å². The molecule has 0 aromatic heterocycles. The summed E-state index contributed by atoms with van der Waals surface area (Å²) in [6.07, 6.45) is 3.92. The van der Waals surface area contributed by atoms with E-state index in [0.717, 1.165) is 23.6 Å². The lowest BCUT2D eigenvalue weighted by Crippen LogP contribution is -2.41. The van der Waals surface area contributed by atoms with Crippen LogP contribution in [-0.2, 0) is 0 Å². The Morgan fingerprint density at radius 1 is 1.32 bits per heavy atom. The third-order valence-corrected chi connectivity index (χ3v) is 4.02. The molecule has 1 aromatic carbocycles. The lowest BCUT2D eigenvalue weighted by molar-refractivity contribution is 0.151. The zero-order valence-corrected chi connectivity index (χ0v) is 12.1. The first-order chi connectivity index (χ1) is 9.15. The van der Waals surface area contributed by atoms with Crippen molar-refractivity contribution in [3.63, 3.8) is 0 Å². The molecule has 2 N–H and O–H groups in total. The van der Waals surface area contributed by atoms with Crippen LogP contribution in [0, 0.1) is 0 Å². The van der Waals surface area contributed by atoms with Crippen molar-refractivity contribution in [2.24, 2.45) is 5.73 Å². The van der Waals surface area contributed by atoms with Crippen molar-refractivity contribution >= 4 is 0 Å². The number of nitrogens with two attached hydrogens (primary N) is 1. The normalized spacial score (nSPS) is 17.1. The molecule has 0 saturated heterocycles. The second-order valence-corrected chi connectivity index (χ2v) is 5.24. The molecule has 0 aliphatic heterocycles. The molecule has 1 aliphatic carbocycles. The Morgan fingerprint density at radius 2 is 2.05 bits per heavy atom. The van der Waals surface area contributed by atoms with Crippen molar-refractivity contribution in [1.82, 2.24) is 4.90 Å². The molecule has 4 nitrogen and oxygen atoms in total. The minimum atomic E-state index is -0.0596. The summed E-state index contributed by atoms with van der Waals surface area (Å²) in [5.41, 5.74) is 7.34. The highest BCUT2D eigenvalue weighted by Crippen LogP contribution is 2.30. The van der Waals surface area contributed by atoms with E-state index in [9.17, 15) is 0 Å². The Hall–Kier alpha value is -1.26. The third-order valence-electron chi connectivity index (χ3n) is 4.02. The van der Waals surface area contributed by atoms with Crippen molar-refractivity contribution < 1.29 is 9.47 Å². The summed E-state index contributed by atoms with van der Waals surface area (Å²) in [5, 5.41) is 0. The Bertz CT molecular complexity index is 419. The molecule has 0 spiro atoms. The lowest BCUT2D eigenvalue weighted by Gasteiger charge is -2.36. The molecular formula is C15H24N2O2. The molecule has 1 fully saturated rings. The second-order valence-electron chi connectivity index (χ2n) is 5.24. The van der Waals surface area contributed by atoms with E-state index in [-0.39, 0.29) is 6.04 Å². The van der Waals surface area contributed by atoms with Gasteiger partial charge in [0.25, 0.3) is 0 Å². The Morgan fingerprint density at radius 3 is 2.58 bits per heavy atom. The van der Waals surface area contributed by atoms with Crippen molar-refractivity contribution in [3.05, 3.63) is 23.8 Å². The Balaban J connectivity index is 2.09. The van der Waals surface area contributed by atoms with Gasteiger partial charge in [-0.2, -0.15) is 0 Å². The number of hydrogen-bond acceptors (Lipinski definition) is 4. The van der Waals surface area contributed by atoms with Gasteiger partial charge in [0.05, 0.1) is 14.2 Å². The van der Waals surface area contributed by atoms with Gasteiger partial charge in [-0.3, -0.25) is 0 Å². The van der Waals surface area contributed by atoms with Gasteiger partial charge in [-0.15, -0.1) is 0 Å². The lowest BCUT2D eigenvalue weighted by atomic mass is 9.91. The van der Waals surface area contributed by atoms with Gasteiger partial charge in [0.2, 0.25) is 0 Å². The van der Waals surface area contributed by atoms with Gasteiger partial charge in [0.15, 0.2) is 0 Å². The van der Waals surface area contributed by atoms with E-state index in [2.05, 4.69) is 11.9 Å². The highest BCUT2D eigenvalue weighted by molar-refractivity contribution is 5.42. The molecule has 19 heavy (non-hydrogen) atoms. The fraction of sp³-hybridized carbons (Fsp3) is 0.600. The van der Waals surface area contributed by atoms with Gasteiger partial charge >= 0.3 is 0 Å². The van der Waals surface area contributed by atoms with Crippen LogP contribution in [0.3, 0.4) is 0 Å². The molecule has 0 radical (unpaired) electrons. The van der Waals surface area contributed by atoms with Crippen LogP contribution >= 0.6 is 0 Å². The third kappa shape index (κ3) is 3.19. The van der Waals surface area contributed by atoms with Gasteiger partial charge in [-0.25, -0.2) is 0 Å². The quantitative estimate of drug-likeness (QED) is 0.855. The Kier molecular flexibility index (Phi) is 4.66. The van der Waals surface area contributed by atoms with E-state index >= 15 is 0 Å². The summed E-state index contributed by atoms with van der Waals surface area (Å²) in [5.74, 6) is 1.65. The summed E-state index contributed by atoms with van der Waals surface area (Å²) < 4.78 is 10.7. The number of likely N-dealkylation sites (N-methyl/N-ethyl adjacent to an activating group) is 1. The molecule has 0 bridgehead atoms. The molecule has 0 heterocycles. The van der Waals surface area contributed by atoms with Gasteiger partial charge in [-0.1, -0.05) is 6.42 Å². The van der Waals surface area contributed by atoms with Gasteiger partial charge in [-0.05, 0) is 38.1 Å². The van der Waals surface area contributed by atoms with Crippen molar-refractivity contribution in [1.29, 1.82) is 0 Å². The van der Waals surface area contributed by atoms with Crippen LogP contribution in [0.1, 0.15) is 30.9 Å². The van der Waals surface area contributed by atoms with Crippen LogP contribution in [0.25, 0.3) is 0 Å². The molecule has 1 saturated carbocycles. The van der Waals surface area contributed by atoms with Crippen LogP contribution < -0.4 is 15.2 Å². The standard InChI is InChI=1S/C15H24N2O2/c1-17(11-5-4-6-11)10-14(16)13-9-12(18-2)7-8-15(13)19-3/h7-9,11,14H,4-6,10,16H2,1-3H3. The van der Waals surface area contributed by atoms with Gasteiger partial charge in [0.1, 0.15) is 11.5 Å². The topological polar surface area (TPSA) is 47.7 Å². The van der Waals surface area contributed by atoms with Crippen LogP contribution in [-0.4, -0.2) is 38.8 Å². The molecule has 1 aliphatic rings. The van der Waals surface area contributed by atoms with E-state index in [0.29, 0.717) is 6.04 Å². The molecule has 1 unspecified atom stereocenters. The van der Waals surface area contributed by atoms with E-state index in [1.54, 1.807) is 14.2 Å². The maximum Gasteiger partial charge on any atom is 0.123 e.